The highest BCUT2D eigenvalue weighted by atomic mass is 16.6. The molecular formula is C98H120N12O24. The molecule has 134 heavy (non-hydrogen) atoms. The van der Waals surface area contributed by atoms with Gasteiger partial charge in [0.05, 0.1) is 206 Å². The van der Waals surface area contributed by atoms with Crippen LogP contribution in [0.15, 0.2) is 195 Å². The fourth-order valence-corrected chi connectivity index (χ4v) is 13.4. The van der Waals surface area contributed by atoms with E-state index in [0.717, 1.165) is 55.7 Å². The minimum atomic E-state index is 0.257. The molecule has 4 heterocycles. The molecule has 0 aliphatic rings. The van der Waals surface area contributed by atoms with Crippen molar-refractivity contribution in [1.29, 1.82) is 0 Å². The second kappa shape index (κ2) is 57.4. The zero-order valence-electron chi connectivity index (χ0n) is 77.3. The number of benzene rings is 8. The minimum Gasteiger partial charge on any atom is -0.487 e. The van der Waals surface area contributed by atoms with Crippen LogP contribution in [0.25, 0.3) is 78.9 Å². The van der Waals surface area contributed by atoms with Gasteiger partial charge in [-0.25, -0.2) is 18.7 Å². The molecule has 0 aliphatic carbocycles. The molecule has 8 aromatic carbocycles. The molecule has 0 saturated heterocycles. The fraction of sp³-hybridized carbons (Fsp3) is 0.408. The van der Waals surface area contributed by atoms with E-state index >= 15 is 0 Å². The largest absolute Gasteiger partial charge is 0.487 e. The third-order valence-electron chi connectivity index (χ3n) is 20.2. The Labute approximate surface area is 780 Å². The molecule has 0 spiro atoms. The van der Waals surface area contributed by atoms with E-state index in [9.17, 15) is 0 Å². The highest BCUT2D eigenvalue weighted by Crippen LogP contribution is 2.42. The van der Waals surface area contributed by atoms with Gasteiger partial charge >= 0.3 is 0 Å². The second-order valence-corrected chi connectivity index (χ2v) is 29.4. The third-order valence-corrected chi connectivity index (χ3v) is 20.2. The maximum absolute atomic E-state index is 6.29. The highest BCUT2D eigenvalue weighted by molar-refractivity contribution is 6.05. The number of hydrogen-bond acceptors (Lipinski definition) is 32. The van der Waals surface area contributed by atoms with Crippen molar-refractivity contribution >= 4 is 11.1 Å². The fourth-order valence-electron chi connectivity index (χ4n) is 13.4. The van der Waals surface area contributed by atoms with E-state index in [4.69, 9.17) is 134 Å². The highest BCUT2D eigenvalue weighted by Gasteiger charge is 2.23. The first kappa shape index (κ1) is 101. The number of aromatic nitrogens is 12. The van der Waals surface area contributed by atoms with Crippen LogP contribution in [-0.4, -0.2) is 328 Å². The summed E-state index contributed by atoms with van der Waals surface area (Å²) in [7, 11) is 13.0. The van der Waals surface area contributed by atoms with E-state index < -0.39 is 0 Å². The number of ether oxygens (including phenoxy) is 24. The van der Waals surface area contributed by atoms with Crippen LogP contribution in [0.5, 0.6) is 46.0 Å². The first-order valence-electron chi connectivity index (χ1n) is 44.2. The predicted molar refractivity (Wildman–Crippen MR) is 498 cm³/mol. The van der Waals surface area contributed by atoms with Crippen molar-refractivity contribution < 1.29 is 114 Å². The smallest absolute Gasteiger partial charge is 0.163 e. The first-order chi connectivity index (χ1) is 66.2. The van der Waals surface area contributed by atoms with Gasteiger partial charge < -0.3 is 114 Å². The van der Waals surface area contributed by atoms with Crippen molar-refractivity contribution in [3.8, 4) is 114 Å². The average molecular weight is 1850 g/mol. The molecule has 0 bridgehead atoms. The van der Waals surface area contributed by atoms with E-state index in [0.29, 0.717) is 250 Å². The summed E-state index contributed by atoms with van der Waals surface area (Å²) >= 11 is 0. The summed E-state index contributed by atoms with van der Waals surface area (Å²) in [5.74, 6) is 4.09. The van der Waals surface area contributed by atoms with E-state index in [1.165, 1.54) is 0 Å². The molecule has 12 rings (SSSR count). The van der Waals surface area contributed by atoms with Crippen LogP contribution in [0.2, 0.25) is 0 Å². The predicted octanol–water partition coefficient (Wildman–Crippen LogP) is 12.0. The van der Waals surface area contributed by atoms with Crippen LogP contribution >= 0.6 is 0 Å². The van der Waals surface area contributed by atoms with Gasteiger partial charge in [-0.2, -0.15) is 0 Å². The lowest BCUT2D eigenvalue weighted by atomic mass is 9.84. The Morgan fingerprint density at radius 2 is 0.351 bits per heavy atom. The van der Waals surface area contributed by atoms with Gasteiger partial charge in [-0.3, -0.25) is 0 Å². The summed E-state index contributed by atoms with van der Waals surface area (Å²) in [5.41, 5.74) is 13.6. The van der Waals surface area contributed by atoms with Gasteiger partial charge in [0.15, 0.2) is 46.0 Å². The van der Waals surface area contributed by atoms with Crippen molar-refractivity contribution in [1.82, 2.24) is 60.0 Å². The van der Waals surface area contributed by atoms with E-state index in [1.54, 1.807) is 75.6 Å². The first-order valence-corrected chi connectivity index (χ1v) is 44.2. The van der Waals surface area contributed by atoms with Gasteiger partial charge in [0, 0.05) is 103 Å². The maximum atomic E-state index is 6.29. The van der Waals surface area contributed by atoms with E-state index in [-0.39, 0.29) is 52.9 Å². The Bertz CT molecular complexity index is 4730. The molecule has 0 fully saturated rings. The third kappa shape index (κ3) is 31.5. The molecule has 36 nitrogen and oxygen atoms in total. The van der Waals surface area contributed by atoms with Crippen molar-refractivity contribution in [3.05, 3.63) is 217 Å². The zero-order chi connectivity index (χ0) is 93.2. The van der Waals surface area contributed by atoms with Crippen molar-refractivity contribution in [2.24, 2.45) is 0 Å². The van der Waals surface area contributed by atoms with Crippen LogP contribution < -0.4 is 37.9 Å². The summed E-state index contributed by atoms with van der Waals surface area (Å²) in [5, 5.41) is 37.5. The van der Waals surface area contributed by atoms with Gasteiger partial charge in [-0.1, -0.05) is 118 Å². The maximum Gasteiger partial charge on any atom is 0.163 e. The average Bonchev–Trinajstić information content (AvgIpc) is 1.42. The normalized spacial score (nSPS) is 11.4. The van der Waals surface area contributed by atoms with Crippen molar-refractivity contribution in [2.75, 3.05) is 268 Å². The summed E-state index contributed by atoms with van der Waals surface area (Å²) in [4.78, 5) is 0. The summed E-state index contributed by atoms with van der Waals surface area (Å²) in [6.07, 6.45) is 7.51. The molecular weight excluding hydrogens is 1730 g/mol. The number of rotatable bonds is 68. The molecule has 0 radical (unpaired) electrons. The lowest BCUT2D eigenvalue weighted by Crippen LogP contribution is -2.12. The molecule has 716 valence electrons. The summed E-state index contributed by atoms with van der Waals surface area (Å²) in [6.45, 7) is 12.1. The molecule has 0 saturated carbocycles. The molecule has 0 amide bonds. The van der Waals surface area contributed by atoms with Gasteiger partial charge in [0.2, 0.25) is 0 Å². The van der Waals surface area contributed by atoms with E-state index in [1.807, 2.05) is 146 Å². The summed E-state index contributed by atoms with van der Waals surface area (Å²) < 4.78 is 144. The second-order valence-electron chi connectivity index (χ2n) is 29.4. The van der Waals surface area contributed by atoms with Crippen LogP contribution in [-0.2, 0) is 75.8 Å². The SMILES string of the molecule is COCCOCCOc1ccc(-n2cc(-c3ccc(C(=C(c4ccc(-c5cn(-c6ccc(OCCOCCOC)c(OCCOCCOC)c6)nn5)cc4)c4ccc(-c5cn(-c6ccc(OCCOCCOC)c(OCCOCCOC)c6)nn5)cc4)c4ccc(-c5cn(-c6ccc(OCCOCCOC)c(OCCOCCOC)c6)nn5)cc4)cc3)nn2)cc1OCCOCCOC. The van der Waals surface area contributed by atoms with Gasteiger partial charge in [0.1, 0.15) is 75.6 Å². The number of methoxy groups -OCH3 is 8. The molecule has 0 aliphatic heterocycles. The topological polar surface area (TPSA) is 344 Å². The quantitative estimate of drug-likeness (QED) is 0.0252. The van der Waals surface area contributed by atoms with E-state index in [2.05, 4.69) is 69.4 Å². The number of hydrogen-bond donors (Lipinski definition) is 0. The Hall–Kier alpha value is -12.2. The molecule has 4 aromatic heterocycles. The Morgan fingerprint density at radius 1 is 0.187 bits per heavy atom. The van der Waals surface area contributed by atoms with Crippen LogP contribution in [0.3, 0.4) is 0 Å². The Morgan fingerprint density at radius 3 is 0.522 bits per heavy atom. The Balaban J connectivity index is 0.927. The number of nitrogens with zero attached hydrogens (tertiary/aromatic N) is 12. The zero-order valence-corrected chi connectivity index (χ0v) is 77.3. The molecule has 0 unspecified atom stereocenters. The lowest BCUT2D eigenvalue weighted by molar-refractivity contribution is 0.0498. The van der Waals surface area contributed by atoms with Crippen LogP contribution in [0.1, 0.15) is 22.3 Å². The van der Waals surface area contributed by atoms with Gasteiger partial charge in [-0.05, 0) is 81.9 Å². The van der Waals surface area contributed by atoms with Crippen molar-refractivity contribution in [3.63, 3.8) is 0 Å². The standard InChI is InChI=1S/C98H120N12O24/c1-111-33-41-119-49-57-127-89-29-25-81(65-93(89)131-61-53-123-45-37-115-5)107-69-85(99-103-107)73-9-17-77(18-10-73)97(78-19-11-74(12-20-78)86-70-108(104-100-86)82-26-30-90(128-58-50-120-42-34-112-2)94(66-82)132-62-54-124-46-38-116-6)98(79-21-13-75(14-22-79)87-71-109(105-101-87)83-27-31-91(129-59-51-121-43-35-113-3)95(67-83)133-63-55-125-47-39-117-7)80-23-15-76(16-24-80)88-72-110(106-102-88)84-28-32-92(130-60-52-122-44-36-114-4)96(68-84)134-64-56-126-48-40-118-8/h9-32,65-72H,33-64H2,1-8H3. The molecule has 0 N–H and O–H groups in total. The Kier molecular flexibility index (Phi) is 43.2. The lowest BCUT2D eigenvalue weighted by Gasteiger charge is -2.19. The van der Waals surface area contributed by atoms with Gasteiger partial charge in [0.25, 0.3) is 0 Å². The molecule has 0 atom stereocenters. The minimum absolute atomic E-state index is 0.257. The van der Waals surface area contributed by atoms with Crippen molar-refractivity contribution in [2.45, 2.75) is 0 Å². The monoisotopic (exact) mass is 1850 g/mol. The summed E-state index contributed by atoms with van der Waals surface area (Å²) in [6, 6.07) is 55.6. The molecule has 12 aromatic rings. The van der Waals surface area contributed by atoms with Gasteiger partial charge in [-0.15, -0.1) is 20.4 Å². The molecule has 36 heteroatoms. The van der Waals surface area contributed by atoms with Crippen LogP contribution in [0.4, 0.5) is 0 Å². The van der Waals surface area contributed by atoms with Crippen LogP contribution in [0, 0.1) is 0 Å².